The van der Waals surface area contributed by atoms with Gasteiger partial charge in [-0.1, -0.05) is 29.8 Å². The summed E-state index contributed by atoms with van der Waals surface area (Å²) in [6, 6.07) is 10.3. The number of anilines is 2. The van der Waals surface area contributed by atoms with Crippen LogP contribution in [-0.4, -0.2) is 10.9 Å². The van der Waals surface area contributed by atoms with Gasteiger partial charge < -0.3 is 11.1 Å². The third-order valence-electron chi connectivity index (χ3n) is 2.53. The number of nitrogens with two attached hydrogens (primary N) is 1. The van der Waals surface area contributed by atoms with Crippen molar-refractivity contribution in [3.05, 3.63) is 52.7 Å². The Labute approximate surface area is 110 Å². The van der Waals surface area contributed by atoms with E-state index < -0.39 is 0 Å². The fraction of sp³-hybridized carbons (Fsp3) is 0.0769. The summed E-state index contributed by atoms with van der Waals surface area (Å²) in [7, 11) is 0. The van der Waals surface area contributed by atoms with E-state index in [0.717, 1.165) is 5.56 Å². The quantitative estimate of drug-likeness (QED) is 0.645. The van der Waals surface area contributed by atoms with Gasteiger partial charge in [-0.05, 0) is 30.7 Å². The zero-order chi connectivity index (χ0) is 13.1. The number of nitrogen functional groups attached to an aromatic ring is 1. The van der Waals surface area contributed by atoms with Crippen LogP contribution in [0.5, 0.6) is 0 Å². The average Bonchev–Trinajstić information content (AvgIpc) is 2.32. The molecule has 0 aliphatic heterocycles. The van der Waals surface area contributed by atoms with Crippen molar-refractivity contribution in [2.45, 2.75) is 6.92 Å². The van der Waals surface area contributed by atoms with Gasteiger partial charge in [0.25, 0.3) is 5.91 Å². The molecule has 0 saturated carbocycles. The van der Waals surface area contributed by atoms with Gasteiger partial charge in [-0.15, -0.1) is 0 Å². The van der Waals surface area contributed by atoms with E-state index in [2.05, 4.69) is 10.3 Å². The highest BCUT2D eigenvalue weighted by Gasteiger charge is 2.11. The van der Waals surface area contributed by atoms with Crippen LogP contribution in [0.2, 0.25) is 5.15 Å². The van der Waals surface area contributed by atoms with E-state index >= 15 is 0 Å². The fourth-order valence-electron chi connectivity index (χ4n) is 1.54. The Morgan fingerprint density at radius 1 is 1.28 bits per heavy atom. The number of amides is 1. The third kappa shape index (κ3) is 2.60. The number of carbonyl (C=O) groups excluding carboxylic acids is 1. The molecule has 0 fully saturated rings. The molecule has 0 spiro atoms. The maximum atomic E-state index is 12.0. The minimum Gasteiger partial charge on any atom is -0.398 e. The molecular weight excluding hydrogens is 250 g/mol. The SMILES string of the molecule is Cc1cccc(C(=O)Nc2cccc(Cl)n2)c1N. The van der Waals surface area contributed by atoms with Gasteiger partial charge in [0.05, 0.1) is 5.56 Å². The van der Waals surface area contributed by atoms with Crippen molar-refractivity contribution in [2.24, 2.45) is 0 Å². The van der Waals surface area contributed by atoms with Crippen molar-refractivity contribution in [2.75, 3.05) is 11.1 Å². The summed E-state index contributed by atoms with van der Waals surface area (Å²) in [6.45, 7) is 1.85. The Balaban J connectivity index is 2.25. The highest BCUT2D eigenvalue weighted by molar-refractivity contribution is 6.29. The molecule has 92 valence electrons. The van der Waals surface area contributed by atoms with E-state index in [4.69, 9.17) is 17.3 Å². The van der Waals surface area contributed by atoms with Crippen LogP contribution in [0.1, 0.15) is 15.9 Å². The molecule has 0 aliphatic carbocycles. The molecule has 18 heavy (non-hydrogen) atoms. The van der Waals surface area contributed by atoms with Crippen LogP contribution in [0, 0.1) is 6.92 Å². The maximum absolute atomic E-state index is 12.0. The second kappa shape index (κ2) is 5.06. The minimum absolute atomic E-state index is 0.300. The van der Waals surface area contributed by atoms with Crippen molar-refractivity contribution < 1.29 is 4.79 Å². The zero-order valence-electron chi connectivity index (χ0n) is 9.77. The molecule has 0 saturated heterocycles. The molecule has 1 heterocycles. The van der Waals surface area contributed by atoms with Crippen molar-refractivity contribution in [3.8, 4) is 0 Å². The fourth-order valence-corrected chi connectivity index (χ4v) is 1.70. The van der Waals surface area contributed by atoms with Gasteiger partial charge in [0.15, 0.2) is 0 Å². The molecule has 0 aliphatic rings. The van der Waals surface area contributed by atoms with Gasteiger partial charge in [0.2, 0.25) is 0 Å². The Bertz CT molecular complexity index is 599. The molecule has 2 rings (SSSR count). The smallest absolute Gasteiger partial charge is 0.258 e. The van der Waals surface area contributed by atoms with Crippen molar-refractivity contribution in [1.29, 1.82) is 0 Å². The lowest BCUT2D eigenvalue weighted by molar-refractivity contribution is 0.102. The Kier molecular flexibility index (Phi) is 3.48. The average molecular weight is 262 g/mol. The van der Waals surface area contributed by atoms with Crippen LogP contribution in [0.4, 0.5) is 11.5 Å². The lowest BCUT2D eigenvalue weighted by atomic mass is 10.1. The standard InChI is InChI=1S/C13H12ClN3O/c1-8-4-2-5-9(12(8)15)13(18)17-11-7-3-6-10(14)16-11/h2-7H,15H2,1H3,(H,16,17,18). The number of aryl methyl sites for hydroxylation is 1. The third-order valence-corrected chi connectivity index (χ3v) is 2.74. The number of halogens is 1. The van der Waals surface area contributed by atoms with E-state index in [1.165, 1.54) is 0 Å². The maximum Gasteiger partial charge on any atom is 0.258 e. The van der Waals surface area contributed by atoms with E-state index in [9.17, 15) is 4.79 Å². The predicted molar refractivity (Wildman–Crippen MR) is 72.8 cm³/mol. The first-order valence-electron chi connectivity index (χ1n) is 5.37. The highest BCUT2D eigenvalue weighted by atomic mass is 35.5. The molecule has 4 nitrogen and oxygen atoms in total. The Morgan fingerprint density at radius 3 is 2.72 bits per heavy atom. The molecular formula is C13H12ClN3O. The van der Waals surface area contributed by atoms with Crippen LogP contribution in [0.25, 0.3) is 0 Å². The number of carbonyl (C=O) groups is 1. The number of para-hydroxylation sites is 1. The van der Waals surface area contributed by atoms with E-state index in [1.807, 2.05) is 13.0 Å². The number of pyridine rings is 1. The summed E-state index contributed by atoms with van der Waals surface area (Å²) in [5, 5.41) is 2.98. The highest BCUT2D eigenvalue weighted by Crippen LogP contribution is 2.18. The number of benzene rings is 1. The number of nitrogens with zero attached hydrogens (tertiary/aromatic N) is 1. The first-order chi connectivity index (χ1) is 8.58. The van der Waals surface area contributed by atoms with E-state index in [0.29, 0.717) is 22.2 Å². The molecule has 0 radical (unpaired) electrons. The van der Waals surface area contributed by atoms with Gasteiger partial charge in [0.1, 0.15) is 11.0 Å². The Hall–Kier alpha value is -2.07. The predicted octanol–water partition coefficient (Wildman–Crippen LogP) is 2.88. The van der Waals surface area contributed by atoms with Gasteiger partial charge in [-0.25, -0.2) is 4.98 Å². The van der Waals surface area contributed by atoms with Crippen molar-refractivity contribution in [3.63, 3.8) is 0 Å². The molecule has 0 atom stereocenters. The lowest BCUT2D eigenvalue weighted by Crippen LogP contribution is -2.15. The van der Waals surface area contributed by atoms with Gasteiger partial charge >= 0.3 is 0 Å². The van der Waals surface area contributed by atoms with Crippen LogP contribution in [-0.2, 0) is 0 Å². The lowest BCUT2D eigenvalue weighted by Gasteiger charge is -2.08. The summed E-state index contributed by atoms with van der Waals surface area (Å²) in [6.07, 6.45) is 0. The normalized spacial score (nSPS) is 10.1. The first-order valence-corrected chi connectivity index (χ1v) is 5.74. The first kappa shape index (κ1) is 12.4. The molecule has 1 amide bonds. The number of hydrogen-bond donors (Lipinski definition) is 2. The number of hydrogen-bond acceptors (Lipinski definition) is 3. The van der Waals surface area contributed by atoms with Crippen LogP contribution in [0.15, 0.2) is 36.4 Å². The minimum atomic E-state index is -0.300. The van der Waals surface area contributed by atoms with E-state index in [-0.39, 0.29) is 5.91 Å². The van der Waals surface area contributed by atoms with Gasteiger partial charge in [-0.2, -0.15) is 0 Å². The summed E-state index contributed by atoms with van der Waals surface area (Å²) in [5.41, 5.74) is 7.62. The number of aromatic nitrogens is 1. The topological polar surface area (TPSA) is 68.0 Å². The number of rotatable bonds is 2. The molecule has 3 N–H and O–H groups in total. The van der Waals surface area contributed by atoms with Crippen LogP contribution < -0.4 is 11.1 Å². The summed E-state index contributed by atoms with van der Waals surface area (Å²) in [4.78, 5) is 16.0. The monoisotopic (exact) mass is 261 g/mol. The summed E-state index contributed by atoms with van der Waals surface area (Å²) >= 11 is 5.74. The number of nitrogens with one attached hydrogen (secondary N) is 1. The summed E-state index contributed by atoms with van der Waals surface area (Å²) < 4.78 is 0. The molecule has 1 aromatic heterocycles. The van der Waals surface area contributed by atoms with Gasteiger partial charge in [-0.3, -0.25) is 4.79 Å². The molecule has 0 bridgehead atoms. The summed E-state index contributed by atoms with van der Waals surface area (Å²) in [5.74, 6) is 0.0966. The molecule has 5 heteroatoms. The second-order valence-electron chi connectivity index (χ2n) is 3.84. The second-order valence-corrected chi connectivity index (χ2v) is 4.22. The molecule has 2 aromatic rings. The van der Waals surface area contributed by atoms with E-state index in [1.54, 1.807) is 30.3 Å². The van der Waals surface area contributed by atoms with Crippen molar-refractivity contribution >= 4 is 29.0 Å². The van der Waals surface area contributed by atoms with Gasteiger partial charge in [0, 0.05) is 5.69 Å². The largest absolute Gasteiger partial charge is 0.398 e. The Morgan fingerprint density at radius 2 is 2.00 bits per heavy atom. The van der Waals surface area contributed by atoms with Crippen molar-refractivity contribution in [1.82, 2.24) is 4.98 Å². The van der Waals surface area contributed by atoms with Crippen LogP contribution >= 0.6 is 11.6 Å². The van der Waals surface area contributed by atoms with Crippen LogP contribution in [0.3, 0.4) is 0 Å². The molecule has 1 aromatic carbocycles. The zero-order valence-corrected chi connectivity index (χ0v) is 10.5. The molecule has 0 unspecified atom stereocenters.